The van der Waals surface area contributed by atoms with Crippen LogP contribution in [0.1, 0.15) is 0 Å². The summed E-state index contributed by atoms with van der Waals surface area (Å²) in [5.74, 6) is 2.49. The van der Waals surface area contributed by atoms with Crippen LogP contribution >= 0.6 is 0 Å². The largest absolute Gasteiger partial charge is 0.309 e. The molecule has 0 fully saturated rings. The molecule has 9 rings (SSSR count). The topological polar surface area (TPSA) is 61.4 Å². The Morgan fingerprint density at radius 1 is 0.348 bits per heavy atom. The molecule has 0 aliphatic rings. The number of rotatable bonds is 5. The van der Waals surface area contributed by atoms with Crippen LogP contribution in [0.5, 0.6) is 0 Å². The van der Waals surface area contributed by atoms with Crippen molar-refractivity contribution in [2.24, 2.45) is 0 Å². The van der Waals surface area contributed by atoms with Crippen LogP contribution in [0.25, 0.3) is 78.6 Å². The first-order chi connectivity index (χ1) is 22.8. The standard InChI is InChI=1S/C40H26N6/c1-3-13-27(14-4-1)37-42-38(28-15-5-2-6-16-28)44-40(43-37)46-36-22-12-9-19-33(36)41-39(46)29-23-25-30(26-24-29)45-34-20-10-7-17-31(34)32-18-8-11-21-35(32)45/h1-26H. The molecule has 0 saturated heterocycles. The lowest BCUT2D eigenvalue weighted by atomic mass is 10.2. The Balaban J connectivity index is 1.24. The lowest BCUT2D eigenvalue weighted by Gasteiger charge is -2.12. The molecule has 0 saturated carbocycles. The molecule has 6 heteroatoms. The highest BCUT2D eigenvalue weighted by atomic mass is 15.2. The third-order valence-electron chi connectivity index (χ3n) is 8.41. The number of nitrogens with zero attached hydrogens (tertiary/aromatic N) is 6. The number of fused-ring (bicyclic) bond motifs is 4. The summed E-state index contributed by atoms with van der Waals surface area (Å²) < 4.78 is 4.37. The van der Waals surface area contributed by atoms with E-state index < -0.39 is 0 Å². The maximum absolute atomic E-state index is 5.11. The molecule has 6 nitrogen and oxygen atoms in total. The maximum atomic E-state index is 5.11. The van der Waals surface area contributed by atoms with Crippen LogP contribution in [-0.4, -0.2) is 29.1 Å². The molecule has 0 atom stereocenters. The van der Waals surface area contributed by atoms with E-state index in [9.17, 15) is 0 Å². The number of hydrogen-bond donors (Lipinski definition) is 0. The zero-order chi connectivity index (χ0) is 30.5. The average Bonchev–Trinajstić information content (AvgIpc) is 3.69. The minimum atomic E-state index is 0.517. The van der Waals surface area contributed by atoms with E-state index in [1.807, 2.05) is 83.4 Å². The molecule has 6 aromatic carbocycles. The van der Waals surface area contributed by atoms with Gasteiger partial charge in [0.05, 0.1) is 22.1 Å². The lowest BCUT2D eigenvalue weighted by molar-refractivity contribution is 0.929. The second-order valence-corrected chi connectivity index (χ2v) is 11.2. The van der Waals surface area contributed by atoms with Gasteiger partial charge in [-0.05, 0) is 48.5 Å². The second-order valence-electron chi connectivity index (χ2n) is 11.2. The fraction of sp³-hybridized carbons (Fsp3) is 0. The third-order valence-corrected chi connectivity index (χ3v) is 8.41. The maximum Gasteiger partial charge on any atom is 0.240 e. The molecule has 216 valence electrons. The molecule has 0 aliphatic carbocycles. The zero-order valence-electron chi connectivity index (χ0n) is 24.7. The monoisotopic (exact) mass is 590 g/mol. The summed E-state index contributed by atoms with van der Waals surface area (Å²) in [5, 5.41) is 2.48. The van der Waals surface area contributed by atoms with Crippen molar-refractivity contribution in [3.05, 3.63) is 158 Å². The Morgan fingerprint density at radius 3 is 1.43 bits per heavy atom. The van der Waals surface area contributed by atoms with E-state index in [1.54, 1.807) is 0 Å². The van der Waals surface area contributed by atoms with Crippen molar-refractivity contribution >= 4 is 32.8 Å². The predicted molar refractivity (Wildman–Crippen MR) is 185 cm³/mol. The summed E-state index contributed by atoms with van der Waals surface area (Å²) in [5.41, 5.74) is 8.03. The fourth-order valence-electron chi connectivity index (χ4n) is 6.28. The van der Waals surface area contributed by atoms with E-state index >= 15 is 0 Å². The summed E-state index contributed by atoms with van der Waals surface area (Å²) in [6.07, 6.45) is 0. The van der Waals surface area contributed by atoms with Crippen molar-refractivity contribution in [3.8, 4) is 45.8 Å². The highest BCUT2D eigenvalue weighted by molar-refractivity contribution is 6.09. The molecule has 0 bridgehead atoms. The van der Waals surface area contributed by atoms with Crippen molar-refractivity contribution in [2.75, 3.05) is 0 Å². The molecule has 3 aromatic heterocycles. The zero-order valence-corrected chi connectivity index (χ0v) is 24.7. The first kappa shape index (κ1) is 26.0. The quantitative estimate of drug-likeness (QED) is 0.200. The van der Waals surface area contributed by atoms with Crippen LogP contribution in [-0.2, 0) is 0 Å². The van der Waals surface area contributed by atoms with Crippen LogP contribution in [0.3, 0.4) is 0 Å². The Hall–Kier alpha value is -6.40. The van der Waals surface area contributed by atoms with Crippen LogP contribution in [0.2, 0.25) is 0 Å². The summed E-state index contributed by atoms with van der Waals surface area (Å²) in [6.45, 7) is 0. The van der Waals surface area contributed by atoms with E-state index in [4.69, 9.17) is 19.9 Å². The summed E-state index contributed by atoms with van der Waals surface area (Å²) in [4.78, 5) is 20.1. The van der Waals surface area contributed by atoms with Gasteiger partial charge in [0, 0.05) is 33.2 Å². The van der Waals surface area contributed by atoms with Crippen molar-refractivity contribution in [2.45, 2.75) is 0 Å². The Morgan fingerprint density at radius 2 is 0.848 bits per heavy atom. The second kappa shape index (κ2) is 10.6. The SMILES string of the molecule is c1ccc(-c2nc(-c3ccccc3)nc(-n3c(-c4ccc(-n5c6ccccc6c6ccccc65)cc4)nc4ccccc43)n2)cc1. The Kier molecular flexibility index (Phi) is 6.03. The van der Waals surface area contributed by atoms with E-state index in [0.29, 0.717) is 17.6 Å². The van der Waals surface area contributed by atoms with Crippen molar-refractivity contribution in [3.63, 3.8) is 0 Å². The van der Waals surface area contributed by atoms with Gasteiger partial charge in [-0.1, -0.05) is 109 Å². The minimum Gasteiger partial charge on any atom is -0.309 e. The predicted octanol–water partition coefficient (Wildman–Crippen LogP) is 9.31. The van der Waals surface area contributed by atoms with Crippen LogP contribution in [0.4, 0.5) is 0 Å². The third kappa shape index (κ3) is 4.27. The van der Waals surface area contributed by atoms with Gasteiger partial charge in [0.1, 0.15) is 5.82 Å². The van der Waals surface area contributed by atoms with Gasteiger partial charge in [-0.15, -0.1) is 0 Å². The molecular formula is C40H26N6. The molecule has 46 heavy (non-hydrogen) atoms. The first-order valence-corrected chi connectivity index (χ1v) is 15.3. The van der Waals surface area contributed by atoms with Gasteiger partial charge >= 0.3 is 0 Å². The smallest absolute Gasteiger partial charge is 0.240 e. The van der Waals surface area contributed by atoms with Gasteiger partial charge in [0.15, 0.2) is 11.6 Å². The van der Waals surface area contributed by atoms with Crippen LogP contribution in [0, 0.1) is 0 Å². The molecule has 0 radical (unpaired) electrons. The molecular weight excluding hydrogens is 564 g/mol. The number of imidazole rings is 1. The minimum absolute atomic E-state index is 0.517. The van der Waals surface area contributed by atoms with E-state index in [0.717, 1.165) is 39.2 Å². The van der Waals surface area contributed by atoms with Gasteiger partial charge in [-0.25, -0.2) is 9.97 Å². The highest BCUT2D eigenvalue weighted by Gasteiger charge is 2.20. The summed E-state index contributed by atoms with van der Waals surface area (Å²) in [6, 6.07) is 53.9. The van der Waals surface area contributed by atoms with Gasteiger partial charge in [-0.2, -0.15) is 9.97 Å². The van der Waals surface area contributed by atoms with E-state index in [2.05, 4.69) is 83.4 Å². The Labute approximate surface area is 264 Å². The van der Waals surface area contributed by atoms with Crippen molar-refractivity contribution < 1.29 is 0 Å². The van der Waals surface area contributed by atoms with Crippen molar-refractivity contribution in [1.29, 1.82) is 0 Å². The first-order valence-electron chi connectivity index (χ1n) is 15.3. The molecule has 9 aromatic rings. The van der Waals surface area contributed by atoms with Gasteiger partial charge < -0.3 is 4.57 Å². The summed E-state index contributed by atoms with van der Waals surface area (Å²) in [7, 11) is 0. The van der Waals surface area contributed by atoms with Crippen LogP contribution in [0.15, 0.2) is 158 Å². The molecule has 0 spiro atoms. The molecule has 0 amide bonds. The van der Waals surface area contributed by atoms with Crippen LogP contribution < -0.4 is 0 Å². The number of para-hydroxylation sites is 4. The molecule has 3 heterocycles. The Bertz CT molecular complexity index is 2400. The number of benzene rings is 6. The fourth-order valence-corrected chi connectivity index (χ4v) is 6.28. The number of aromatic nitrogens is 6. The van der Waals surface area contributed by atoms with Gasteiger partial charge in [0.25, 0.3) is 0 Å². The molecule has 0 unspecified atom stereocenters. The lowest BCUT2D eigenvalue weighted by Crippen LogP contribution is -2.08. The summed E-state index contributed by atoms with van der Waals surface area (Å²) >= 11 is 0. The average molecular weight is 591 g/mol. The normalized spacial score (nSPS) is 11.5. The van der Waals surface area contributed by atoms with E-state index in [1.165, 1.54) is 21.8 Å². The van der Waals surface area contributed by atoms with Gasteiger partial charge in [0.2, 0.25) is 5.95 Å². The van der Waals surface area contributed by atoms with E-state index in [-0.39, 0.29) is 0 Å². The number of hydrogen-bond acceptors (Lipinski definition) is 4. The van der Waals surface area contributed by atoms with Crippen molar-refractivity contribution in [1.82, 2.24) is 29.1 Å². The highest BCUT2D eigenvalue weighted by Crippen LogP contribution is 2.34. The molecule has 0 aliphatic heterocycles. The molecule has 0 N–H and O–H groups in total. The van der Waals surface area contributed by atoms with Gasteiger partial charge in [-0.3, -0.25) is 4.57 Å².